The number of fused-ring (bicyclic) bond motifs is 2. The molecule has 1 aromatic carbocycles. The molecule has 1 saturated carbocycles. The third-order valence-electron chi connectivity index (χ3n) is 6.96. The summed E-state index contributed by atoms with van der Waals surface area (Å²) in [6.07, 6.45) is 3.86. The van der Waals surface area contributed by atoms with Gasteiger partial charge in [0.05, 0.1) is 35.3 Å². The van der Waals surface area contributed by atoms with E-state index in [0.717, 1.165) is 12.8 Å². The Balaban J connectivity index is 1.50. The molecule has 1 saturated heterocycles. The smallest absolute Gasteiger partial charge is 0.267 e. The highest BCUT2D eigenvalue weighted by molar-refractivity contribution is 6.02. The highest BCUT2D eigenvalue weighted by Gasteiger charge is 2.43. The summed E-state index contributed by atoms with van der Waals surface area (Å²) in [5.41, 5.74) is -0.398. The number of hydrogen-bond acceptors (Lipinski definition) is 6. The first-order valence-electron chi connectivity index (χ1n) is 12.9. The molecule has 3 unspecified atom stereocenters. The van der Waals surface area contributed by atoms with Gasteiger partial charge in [0.15, 0.2) is 17.3 Å². The molecule has 3 atom stereocenters. The van der Waals surface area contributed by atoms with Gasteiger partial charge in [-0.3, -0.25) is 9.78 Å². The number of carbonyl (C=O) groups excluding carboxylic acids is 1. The van der Waals surface area contributed by atoms with Crippen molar-refractivity contribution in [2.45, 2.75) is 64.4 Å². The normalized spacial score (nSPS) is 21.3. The van der Waals surface area contributed by atoms with Gasteiger partial charge in [-0.1, -0.05) is 0 Å². The first kappa shape index (κ1) is 25.5. The number of carbonyl (C=O) groups is 1. The van der Waals surface area contributed by atoms with Gasteiger partial charge in [0.25, 0.3) is 6.43 Å². The maximum Gasteiger partial charge on any atom is 0.267 e. The Morgan fingerprint density at radius 1 is 1.21 bits per heavy atom. The van der Waals surface area contributed by atoms with Crippen molar-refractivity contribution in [1.82, 2.24) is 24.1 Å². The quantitative estimate of drug-likeness (QED) is 0.292. The third-order valence-corrected chi connectivity index (χ3v) is 6.96. The lowest BCUT2D eigenvalue weighted by molar-refractivity contribution is -0.117. The Hall–Kier alpha value is -3.74. The first-order valence-corrected chi connectivity index (χ1v) is 12.9. The summed E-state index contributed by atoms with van der Waals surface area (Å²) < 4.78 is 67.0. The van der Waals surface area contributed by atoms with Crippen molar-refractivity contribution in [1.29, 1.82) is 0 Å². The number of nitrogens with one attached hydrogen (secondary N) is 2. The van der Waals surface area contributed by atoms with E-state index in [1.807, 2.05) is 0 Å². The van der Waals surface area contributed by atoms with Crippen LogP contribution in [0.3, 0.4) is 0 Å². The molecule has 1 aliphatic carbocycles. The molecule has 13 heteroatoms. The minimum Gasteiger partial charge on any atom is -0.379 e. The summed E-state index contributed by atoms with van der Waals surface area (Å²) in [5, 5.41) is 10.4. The Bertz CT molecular complexity index is 1560. The van der Waals surface area contributed by atoms with Gasteiger partial charge in [-0.2, -0.15) is 5.10 Å². The third kappa shape index (κ3) is 4.68. The van der Waals surface area contributed by atoms with Crippen LogP contribution in [0.1, 0.15) is 57.7 Å². The highest BCUT2D eigenvalue weighted by Crippen LogP contribution is 2.43. The van der Waals surface area contributed by atoms with Crippen molar-refractivity contribution in [3.63, 3.8) is 0 Å². The van der Waals surface area contributed by atoms with Crippen LogP contribution in [0.4, 0.5) is 29.1 Å². The van der Waals surface area contributed by atoms with Gasteiger partial charge in [0.2, 0.25) is 5.91 Å². The van der Waals surface area contributed by atoms with Crippen LogP contribution < -0.4 is 10.6 Å². The summed E-state index contributed by atoms with van der Waals surface area (Å²) in [6.45, 7) is 4.11. The van der Waals surface area contributed by atoms with Gasteiger partial charge in [0, 0.05) is 36.0 Å². The molecule has 0 bridgehead atoms. The fourth-order valence-electron chi connectivity index (χ4n) is 4.98. The standard InChI is InChI=1S/C26H27F4N7O2/c1-12(2)32-24-22(28)21(25(29)30)20(14-9-37(35-23(14)24)19-5-3-4-6-39-19)16-10-36-11-17(33-18(36)8-31-16)34-26(38)13-7-15(13)27/h8-13,15,19,25,32H,3-7H2,1-2H3,(H,34,38). The number of nitrogens with zero attached hydrogens (tertiary/aromatic N) is 5. The zero-order chi connectivity index (χ0) is 27.4. The molecule has 3 aromatic heterocycles. The van der Waals surface area contributed by atoms with Crippen LogP contribution in [0.15, 0.2) is 24.8 Å². The van der Waals surface area contributed by atoms with Gasteiger partial charge in [-0.05, 0) is 39.5 Å². The van der Waals surface area contributed by atoms with Gasteiger partial charge in [-0.25, -0.2) is 27.2 Å². The Kier molecular flexibility index (Phi) is 6.40. The minimum absolute atomic E-state index is 0.0724. The van der Waals surface area contributed by atoms with E-state index in [1.165, 1.54) is 23.0 Å². The van der Waals surface area contributed by atoms with Crippen molar-refractivity contribution in [3.05, 3.63) is 36.2 Å². The predicted molar refractivity (Wildman–Crippen MR) is 136 cm³/mol. The summed E-state index contributed by atoms with van der Waals surface area (Å²) in [5.74, 6) is -2.10. The Morgan fingerprint density at radius 3 is 2.67 bits per heavy atom. The number of alkyl halides is 3. The molecular weight excluding hydrogens is 518 g/mol. The van der Waals surface area contributed by atoms with E-state index in [4.69, 9.17) is 4.74 Å². The van der Waals surface area contributed by atoms with Gasteiger partial charge < -0.3 is 19.8 Å². The zero-order valence-electron chi connectivity index (χ0n) is 21.3. The second-order valence-corrected chi connectivity index (χ2v) is 10.3. The lowest BCUT2D eigenvalue weighted by Gasteiger charge is -2.22. The van der Waals surface area contributed by atoms with E-state index in [2.05, 4.69) is 25.7 Å². The molecule has 2 fully saturated rings. The molecule has 2 N–H and O–H groups in total. The summed E-state index contributed by atoms with van der Waals surface area (Å²) in [7, 11) is 0. The molecule has 4 heterocycles. The highest BCUT2D eigenvalue weighted by atomic mass is 19.3. The predicted octanol–water partition coefficient (Wildman–Crippen LogP) is 5.64. The second-order valence-electron chi connectivity index (χ2n) is 10.3. The number of rotatable bonds is 7. The summed E-state index contributed by atoms with van der Waals surface area (Å²) in [6, 6.07) is -0.243. The number of halogens is 4. The van der Waals surface area contributed by atoms with Crippen LogP contribution in [0.2, 0.25) is 0 Å². The minimum atomic E-state index is -3.14. The van der Waals surface area contributed by atoms with Crippen LogP contribution in [0.25, 0.3) is 27.8 Å². The average Bonchev–Trinajstić information content (AvgIpc) is 3.29. The maximum atomic E-state index is 15.8. The molecular formula is C26H27F4N7O2. The number of imidazole rings is 1. The fourth-order valence-corrected chi connectivity index (χ4v) is 4.98. The van der Waals surface area contributed by atoms with Crippen LogP contribution in [-0.4, -0.2) is 48.9 Å². The van der Waals surface area contributed by atoms with Gasteiger partial charge in [0.1, 0.15) is 17.9 Å². The van der Waals surface area contributed by atoms with E-state index in [1.54, 1.807) is 24.7 Å². The van der Waals surface area contributed by atoms with Crippen molar-refractivity contribution >= 4 is 34.0 Å². The van der Waals surface area contributed by atoms with Gasteiger partial charge in [-0.15, -0.1) is 0 Å². The van der Waals surface area contributed by atoms with E-state index in [0.29, 0.717) is 24.1 Å². The Morgan fingerprint density at radius 2 is 2.00 bits per heavy atom. The number of hydrogen-bond donors (Lipinski definition) is 2. The molecule has 0 radical (unpaired) electrons. The molecule has 39 heavy (non-hydrogen) atoms. The topological polar surface area (TPSA) is 98.4 Å². The van der Waals surface area contributed by atoms with Crippen molar-refractivity contribution in [2.24, 2.45) is 5.92 Å². The van der Waals surface area contributed by atoms with E-state index in [9.17, 15) is 18.0 Å². The SMILES string of the molecule is CC(C)Nc1c(F)c(C(F)F)c(-c2cn3cc(NC(=O)C4CC4F)nc3cn2)c2cn(C3CCCCO3)nc12. The molecule has 4 aromatic rings. The Labute approximate surface area is 220 Å². The van der Waals surface area contributed by atoms with E-state index in [-0.39, 0.29) is 40.7 Å². The monoisotopic (exact) mass is 545 g/mol. The fraction of sp³-hybridized carbons (Fsp3) is 0.462. The van der Waals surface area contributed by atoms with Crippen LogP contribution >= 0.6 is 0 Å². The number of anilines is 2. The van der Waals surface area contributed by atoms with Crippen molar-refractivity contribution < 1.29 is 27.1 Å². The lowest BCUT2D eigenvalue weighted by Crippen LogP contribution is -2.18. The molecule has 6 rings (SSSR count). The number of amides is 1. The van der Waals surface area contributed by atoms with Gasteiger partial charge >= 0.3 is 0 Å². The van der Waals surface area contributed by atoms with E-state index < -0.39 is 42.0 Å². The maximum absolute atomic E-state index is 15.8. The molecule has 2 aliphatic rings. The molecule has 206 valence electrons. The van der Waals surface area contributed by atoms with E-state index >= 15 is 4.39 Å². The average molecular weight is 546 g/mol. The first-order chi connectivity index (χ1) is 18.7. The lowest BCUT2D eigenvalue weighted by atomic mass is 9.98. The largest absolute Gasteiger partial charge is 0.379 e. The summed E-state index contributed by atoms with van der Waals surface area (Å²) >= 11 is 0. The molecule has 9 nitrogen and oxygen atoms in total. The van der Waals surface area contributed by atoms with Crippen LogP contribution in [-0.2, 0) is 9.53 Å². The molecule has 1 amide bonds. The van der Waals surface area contributed by atoms with Crippen molar-refractivity contribution in [3.8, 4) is 11.3 Å². The summed E-state index contributed by atoms with van der Waals surface area (Å²) in [4.78, 5) is 20.7. The zero-order valence-corrected chi connectivity index (χ0v) is 21.3. The number of ether oxygens (including phenoxy) is 1. The van der Waals surface area contributed by atoms with Crippen molar-refractivity contribution in [2.75, 3.05) is 17.2 Å². The molecule has 1 aliphatic heterocycles. The van der Waals surface area contributed by atoms with Crippen LogP contribution in [0, 0.1) is 11.7 Å². The number of aromatic nitrogens is 5. The molecule has 0 spiro atoms. The van der Waals surface area contributed by atoms with Crippen LogP contribution in [0.5, 0.6) is 0 Å². The number of benzene rings is 1. The second kappa shape index (κ2) is 9.78.